The molecular formula is C15H13Cl2NOS. The third kappa shape index (κ3) is 2.76. The Morgan fingerprint density at radius 3 is 2.85 bits per heavy atom. The number of fused-ring (bicyclic) bond motifs is 1. The summed E-state index contributed by atoms with van der Waals surface area (Å²) in [6.45, 7) is 0. The molecule has 0 saturated carbocycles. The van der Waals surface area contributed by atoms with E-state index in [-0.39, 0.29) is 6.10 Å². The van der Waals surface area contributed by atoms with Crippen molar-refractivity contribution in [3.8, 4) is 5.88 Å². The summed E-state index contributed by atoms with van der Waals surface area (Å²) < 4.78 is 5.99. The average molecular weight is 326 g/mol. The molecule has 0 radical (unpaired) electrons. The second-order valence-electron chi connectivity index (χ2n) is 4.66. The maximum atomic E-state index is 6.07. The SMILES string of the molecule is CSc1cnc2c(c1)CC[C@H](c1ccc(Cl)c(Cl)c1)O2. The number of thioether (sulfide) groups is 1. The second kappa shape index (κ2) is 5.84. The van der Waals surface area contributed by atoms with Crippen LogP contribution in [0.4, 0.5) is 0 Å². The number of hydrogen-bond donors (Lipinski definition) is 0. The third-order valence-corrected chi connectivity index (χ3v) is 4.81. The summed E-state index contributed by atoms with van der Waals surface area (Å²) in [4.78, 5) is 5.57. The first-order valence-electron chi connectivity index (χ1n) is 6.32. The minimum absolute atomic E-state index is 0.00936. The van der Waals surface area contributed by atoms with Gasteiger partial charge in [-0.1, -0.05) is 29.3 Å². The smallest absolute Gasteiger partial charge is 0.217 e. The van der Waals surface area contributed by atoms with Gasteiger partial charge in [-0.2, -0.15) is 0 Å². The van der Waals surface area contributed by atoms with E-state index in [9.17, 15) is 0 Å². The number of nitrogens with zero attached hydrogens (tertiary/aromatic N) is 1. The second-order valence-corrected chi connectivity index (χ2v) is 6.35. The van der Waals surface area contributed by atoms with Gasteiger partial charge in [0.1, 0.15) is 6.10 Å². The first-order chi connectivity index (χ1) is 9.67. The van der Waals surface area contributed by atoms with E-state index in [0.29, 0.717) is 10.0 Å². The average Bonchev–Trinajstić information content (AvgIpc) is 2.49. The van der Waals surface area contributed by atoms with Crippen LogP contribution in [-0.4, -0.2) is 11.2 Å². The fourth-order valence-electron chi connectivity index (χ4n) is 2.30. The van der Waals surface area contributed by atoms with Gasteiger partial charge in [-0.05, 0) is 42.9 Å². The quantitative estimate of drug-likeness (QED) is 0.710. The topological polar surface area (TPSA) is 22.1 Å². The molecule has 0 fully saturated rings. The Hall–Kier alpha value is -0.900. The molecule has 0 spiro atoms. The molecule has 3 rings (SSSR count). The van der Waals surface area contributed by atoms with Gasteiger partial charge in [0.15, 0.2) is 0 Å². The molecule has 2 nitrogen and oxygen atoms in total. The van der Waals surface area contributed by atoms with Crippen LogP contribution in [0.25, 0.3) is 0 Å². The van der Waals surface area contributed by atoms with Crippen LogP contribution >= 0.6 is 35.0 Å². The van der Waals surface area contributed by atoms with Crippen molar-refractivity contribution in [1.29, 1.82) is 0 Å². The Bertz CT molecular complexity index is 648. The van der Waals surface area contributed by atoms with E-state index < -0.39 is 0 Å². The number of aryl methyl sites for hydroxylation is 1. The monoisotopic (exact) mass is 325 g/mol. The van der Waals surface area contributed by atoms with Gasteiger partial charge in [-0.15, -0.1) is 11.8 Å². The lowest BCUT2D eigenvalue weighted by Crippen LogP contribution is -2.16. The minimum Gasteiger partial charge on any atom is -0.469 e. The molecule has 0 saturated heterocycles. The lowest BCUT2D eigenvalue weighted by Gasteiger charge is -2.25. The largest absolute Gasteiger partial charge is 0.469 e. The van der Waals surface area contributed by atoms with Crippen molar-refractivity contribution in [2.75, 3.05) is 6.26 Å². The van der Waals surface area contributed by atoms with Crippen LogP contribution in [0.5, 0.6) is 5.88 Å². The molecule has 1 aromatic carbocycles. The predicted molar refractivity (Wildman–Crippen MR) is 84.2 cm³/mol. The molecule has 0 aliphatic carbocycles. The van der Waals surface area contributed by atoms with Crippen LogP contribution in [-0.2, 0) is 6.42 Å². The summed E-state index contributed by atoms with van der Waals surface area (Å²) in [7, 11) is 0. The number of pyridine rings is 1. The Morgan fingerprint density at radius 2 is 2.10 bits per heavy atom. The van der Waals surface area contributed by atoms with Crippen molar-refractivity contribution in [1.82, 2.24) is 4.98 Å². The van der Waals surface area contributed by atoms with Crippen LogP contribution in [0.2, 0.25) is 10.0 Å². The normalized spacial score (nSPS) is 17.4. The molecule has 2 aromatic rings. The van der Waals surface area contributed by atoms with Gasteiger partial charge >= 0.3 is 0 Å². The molecule has 0 amide bonds. The van der Waals surface area contributed by atoms with E-state index in [1.807, 2.05) is 30.7 Å². The summed E-state index contributed by atoms with van der Waals surface area (Å²) >= 11 is 13.7. The van der Waals surface area contributed by atoms with Crippen molar-refractivity contribution >= 4 is 35.0 Å². The maximum absolute atomic E-state index is 6.07. The predicted octanol–water partition coefficient (Wildman–Crippen LogP) is 5.18. The summed E-state index contributed by atoms with van der Waals surface area (Å²) in [6.07, 6.45) is 5.77. The van der Waals surface area contributed by atoms with Gasteiger partial charge in [0.25, 0.3) is 0 Å². The minimum atomic E-state index is -0.00936. The molecular weight excluding hydrogens is 313 g/mol. The van der Waals surface area contributed by atoms with E-state index in [1.165, 1.54) is 10.5 Å². The lowest BCUT2D eigenvalue weighted by molar-refractivity contribution is 0.167. The Labute approximate surface area is 132 Å². The zero-order valence-electron chi connectivity index (χ0n) is 10.9. The van der Waals surface area contributed by atoms with Crippen LogP contribution in [0, 0.1) is 0 Å². The van der Waals surface area contributed by atoms with Crippen molar-refractivity contribution in [3.05, 3.63) is 51.6 Å². The van der Waals surface area contributed by atoms with Gasteiger partial charge < -0.3 is 4.74 Å². The number of rotatable bonds is 2. The number of ether oxygens (including phenoxy) is 1. The fraction of sp³-hybridized carbons (Fsp3) is 0.267. The summed E-state index contributed by atoms with van der Waals surface area (Å²) in [6, 6.07) is 7.79. The number of hydrogen-bond acceptors (Lipinski definition) is 3. The summed E-state index contributed by atoms with van der Waals surface area (Å²) in [5.74, 6) is 0.727. The fourth-order valence-corrected chi connectivity index (χ4v) is 3.03. The first-order valence-corrected chi connectivity index (χ1v) is 8.30. The lowest BCUT2D eigenvalue weighted by atomic mass is 9.99. The van der Waals surface area contributed by atoms with E-state index in [0.717, 1.165) is 24.3 Å². The van der Waals surface area contributed by atoms with Gasteiger partial charge in [0, 0.05) is 16.7 Å². The number of benzene rings is 1. The Balaban J connectivity index is 1.86. The van der Waals surface area contributed by atoms with Crippen LogP contribution in [0.1, 0.15) is 23.7 Å². The molecule has 1 atom stereocenters. The molecule has 0 unspecified atom stereocenters. The molecule has 1 aliphatic rings. The van der Waals surface area contributed by atoms with Crippen molar-refractivity contribution < 1.29 is 4.74 Å². The van der Waals surface area contributed by atoms with Crippen LogP contribution < -0.4 is 4.74 Å². The molecule has 2 heterocycles. The van der Waals surface area contributed by atoms with Crippen LogP contribution in [0.15, 0.2) is 35.4 Å². The molecule has 1 aromatic heterocycles. The summed E-state index contributed by atoms with van der Waals surface area (Å²) in [5, 5.41) is 1.12. The van der Waals surface area contributed by atoms with E-state index >= 15 is 0 Å². The Kier molecular flexibility index (Phi) is 4.11. The highest BCUT2D eigenvalue weighted by Gasteiger charge is 2.23. The summed E-state index contributed by atoms with van der Waals surface area (Å²) in [5.41, 5.74) is 2.22. The molecule has 104 valence electrons. The molecule has 0 bridgehead atoms. The van der Waals surface area contributed by atoms with Gasteiger partial charge in [0.2, 0.25) is 5.88 Å². The number of aromatic nitrogens is 1. The van der Waals surface area contributed by atoms with Crippen molar-refractivity contribution in [2.24, 2.45) is 0 Å². The van der Waals surface area contributed by atoms with Crippen molar-refractivity contribution in [3.63, 3.8) is 0 Å². The third-order valence-electron chi connectivity index (χ3n) is 3.38. The van der Waals surface area contributed by atoms with Gasteiger partial charge in [-0.25, -0.2) is 4.98 Å². The highest BCUT2D eigenvalue weighted by atomic mass is 35.5. The zero-order valence-corrected chi connectivity index (χ0v) is 13.2. The zero-order chi connectivity index (χ0) is 14.1. The van der Waals surface area contributed by atoms with E-state index in [4.69, 9.17) is 27.9 Å². The van der Waals surface area contributed by atoms with E-state index in [2.05, 4.69) is 11.1 Å². The number of halogens is 2. The van der Waals surface area contributed by atoms with Crippen LogP contribution in [0.3, 0.4) is 0 Å². The van der Waals surface area contributed by atoms with Gasteiger partial charge in [-0.3, -0.25) is 0 Å². The highest BCUT2D eigenvalue weighted by Crippen LogP contribution is 2.36. The Morgan fingerprint density at radius 1 is 1.25 bits per heavy atom. The maximum Gasteiger partial charge on any atom is 0.217 e. The van der Waals surface area contributed by atoms with Gasteiger partial charge in [0.05, 0.1) is 10.0 Å². The van der Waals surface area contributed by atoms with Crippen molar-refractivity contribution in [2.45, 2.75) is 23.8 Å². The standard InChI is InChI=1S/C15H13Cl2NOS/c1-20-11-6-10-3-5-14(19-15(10)18-8-11)9-2-4-12(16)13(17)7-9/h2,4,6-8,14H,3,5H2,1H3/t14-/m1/s1. The molecule has 1 aliphatic heterocycles. The van der Waals surface area contributed by atoms with E-state index in [1.54, 1.807) is 11.8 Å². The molecule has 0 N–H and O–H groups in total. The highest BCUT2D eigenvalue weighted by molar-refractivity contribution is 7.98. The first kappa shape index (κ1) is 14.1. The molecule has 5 heteroatoms. The molecule has 20 heavy (non-hydrogen) atoms.